The summed E-state index contributed by atoms with van der Waals surface area (Å²) in [5, 5.41) is 4.54. The first-order chi connectivity index (χ1) is 13.0. The third-order valence-corrected chi connectivity index (χ3v) is 4.47. The predicted molar refractivity (Wildman–Crippen MR) is 111 cm³/mol. The van der Waals surface area contributed by atoms with Crippen molar-refractivity contribution in [3.63, 3.8) is 0 Å². The quantitative estimate of drug-likeness (QED) is 0.514. The Morgan fingerprint density at radius 1 is 1.22 bits per heavy atom. The minimum absolute atomic E-state index is 0.279. The number of hydrogen-bond acceptors (Lipinski definition) is 2. The number of para-hydroxylation sites is 1. The van der Waals surface area contributed by atoms with E-state index in [9.17, 15) is 4.39 Å². The van der Waals surface area contributed by atoms with E-state index in [0.29, 0.717) is 5.70 Å². The van der Waals surface area contributed by atoms with Crippen LogP contribution < -0.4 is 11.1 Å². The summed E-state index contributed by atoms with van der Waals surface area (Å²) in [5.41, 5.74) is 11.1. The Bertz CT molecular complexity index is 1020. The molecule has 4 heteroatoms. The number of rotatable bonds is 6. The zero-order valence-electron chi connectivity index (χ0n) is 15.6. The van der Waals surface area contributed by atoms with Gasteiger partial charge in [-0.15, -0.1) is 0 Å². The molecule has 27 heavy (non-hydrogen) atoms. The first-order valence-corrected chi connectivity index (χ1v) is 8.87. The van der Waals surface area contributed by atoms with Crippen molar-refractivity contribution >= 4 is 16.5 Å². The Morgan fingerprint density at radius 2 is 2.00 bits per heavy atom. The lowest BCUT2D eigenvalue weighted by molar-refractivity contribution is 0.621. The van der Waals surface area contributed by atoms with Crippen LogP contribution in [0.3, 0.4) is 0 Å². The average molecular weight is 361 g/mol. The number of H-pyrrole nitrogens is 1. The van der Waals surface area contributed by atoms with E-state index in [-0.39, 0.29) is 11.9 Å². The first kappa shape index (κ1) is 18.5. The molecule has 0 bridgehead atoms. The summed E-state index contributed by atoms with van der Waals surface area (Å²) >= 11 is 0. The second-order valence-corrected chi connectivity index (χ2v) is 6.54. The van der Waals surface area contributed by atoms with E-state index in [1.807, 2.05) is 56.5 Å². The summed E-state index contributed by atoms with van der Waals surface area (Å²) in [4.78, 5) is 3.28. The molecule has 138 valence electrons. The summed E-state index contributed by atoms with van der Waals surface area (Å²) in [7, 11) is 0. The number of hydrogen-bond donors (Lipinski definition) is 3. The second-order valence-electron chi connectivity index (χ2n) is 6.54. The molecule has 3 aromatic rings. The molecule has 0 amide bonds. The fourth-order valence-corrected chi connectivity index (χ4v) is 3.17. The molecule has 1 aromatic heterocycles. The van der Waals surface area contributed by atoms with E-state index in [2.05, 4.69) is 22.9 Å². The Kier molecular flexibility index (Phi) is 5.46. The van der Waals surface area contributed by atoms with Crippen LogP contribution in [0.15, 0.2) is 84.9 Å². The summed E-state index contributed by atoms with van der Waals surface area (Å²) in [6.07, 6.45) is 5.74. The van der Waals surface area contributed by atoms with Crippen LogP contribution in [-0.4, -0.2) is 4.98 Å². The van der Waals surface area contributed by atoms with Crippen molar-refractivity contribution < 1.29 is 4.39 Å². The number of nitrogens with two attached hydrogens (primary N) is 1. The highest BCUT2D eigenvalue weighted by molar-refractivity contribution is 5.93. The van der Waals surface area contributed by atoms with Crippen molar-refractivity contribution in [3.05, 3.63) is 102 Å². The van der Waals surface area contributed by atoms with Gasteiger partial charge in [0.05, 0.1) is 6.04 Å². The average Bonchev–Trinajstić information content (AvgIpc) is 3.08. The summed E-state index contributed by atoms with van der Waals surface area (Å²) < 4.78 is 13.9. The van der Waals surface area contributed by atoms with Crippen LogP contribution in [0.2, 0.25) is 0 Å². The van der Waals surface area contributed by atoms with Gasteiger partial charge in [0.2, 0.25) is 0 Å². The molecule has 1 heterocycles. The SMILES string of the molecule is C=C(c1c[nH]c2ccccc12)C(NC(/C=C(/C)N)=C/C)c1cccc(F)c1. The van der Waals surface area contributed by atoms with Crippen LogP contribution in [0.25, 0.3) is 16.5 Å². The van der Waals surface area contributed by atoms with Gasteiger partial charge < -0.3 is 16.0 Å². The summed E-state index contributed by atoms with van der Waals surface area (Å²) in [6.45, 7) is 8.10. The molecule has 1 unspecified atom stereocenters. The van der Waals surface area contributed by atoms with E-state index in [4.69, 9.17) is 5.73 Å². The predicted octanol–water partition coefficient (Wildman–Crippen LogP) is 5.42. The van der Waals surface area contributed by atoms with E-state index < -0.39 is 0 Å². The molecule has 0 fully saturated rings. The Hall–Kier alpha value is -3.27. The van der Waals surface area contributed by atoms with Crippen LogP contribution in [0.4, 0.5) is 4.39 Å². The Balaban J connectivity index is 2.06. The van der Waals surface area contributed by atoms with Crippen molar-refractivity contribution in [2.75, 3.05) is 0 Å². The van der Waals surface area contributed by atoms with Crippen LogP contribution >= 0.6 is 0 Å². The smallest absolute Gasteiger partial charge is 0.123 e. The molecule has 0 saturated carbocycles. The monoisotopic (exact) mass is 361 g/mol. The van der Waals surface area contributed by atoms with Gasteiger partial charge in [-0.1, -0.05) is 43.0 Å². The topological polar surface area (TPSA) is 53.8 Å². The number of aromatic amines is 1. The molecule has 2 aromatic carbocycles. The molecule has 0 aliphatic heterocycles. The minimum Gasteiger partial charge on any atom is -0.402 e. The van der Waals surface area contributed by atoms with Gasteiger partial charge in [-0.3, -0.25) is 0 Å². The highest BCUT2D eigenvalue weighted by Gasteiger charge is 2.20. The molecule has 4 N–H and O–H groups in total. The molecule has 3 nitrogen and oxygen atoms in total. The Morgan fingerprint density at radius 3 is 2.70 bits per heavy atom. The summed E-state index contributed by atoms with van der Waals surface area (Å²) in [5.74, 6) is -0.279. The molecule has 3 rings (SSSR count). The molecule has 0 spiro atoms. The van der Waals surface area contributed by atoms with Gasteiger partial charge in [-0.2, -0.15) is 0 Å². The molecule has 0 saturated heterocycles. The van der Waals surface area contributed by atoms with Gasteiger partial charge in [0, 0.05) is 34.1 Å². The zero-order chi connectivity index (χ0) is 19.4. The number of benzene rings is 2. The van der Waals surface area contributed by atoms with E-state index in [1.165, 1.54) is 12.1 Å². The lowest BCUT2D eigenvalue weighted by atomic mass is 9.93. The fourth-order valence-electron chi connectivity index (χ4n) is 3.17. The fraction of sp³-hybridized carbons (Fsp3) is 0.130. The minimum atomic E-state index is -0.304. The zero-order valence-corrected chi connectivity index (χ0v) is 15.6. The number of halogens is 1. The number of nitrogens with one attached hydrogen (secondary N) is 2. The van der Waals surface area contributed by atoms with Crippen LogP contribution in [-0.2, 0) is 0 Å². The molecular weight excluding hydrogens is 337 g/mol. The molecule has 1 atom stereocenters. The number of allylic oxidation sites excluding steroid dienone is 3. The van der Waals surface area contributed by atoms with Gasteiger partial charge in [0.1, 0.15) is 5.82 Å². The van der Waals surface area contributed by atoms with Gasteiger partial charge in [0.15, 0.2) is 0 Å². The highest BCUT2D eigenvalue weighted by atomic mass is 19.1. The largest absolute Gasteiger partial charge is 0.402 e. The van der Waals surface area contributed by atoms with Crippen molar-refractivity contribution in [2.45, 2.75) is 19.9 Å². The number of fused-ring (bicyclic) bond motifs is 1. The van der Waals surface area contributed by atoms with Crippen LogP contribution in [0.5, 0.6) is 0 Å². The van der Waals surface area contributed by atoms with E-state index >= 15 is 0 Å². The third kappa shape index (κ3) is 4.11. The molecule has 0 radical (unpaired) electrons. The lowest BCUT2D eigenvalue weighted by Gasteiger charge is -2.24. The first-order valence-electron chi connectivity index (χ1n) is 8.87. The summed E-state index contributed by atoms with van der Waals surface area (Å²) in [6, 6.07) is 14.3. The molecular formula is C23H24FN3. The van der Waals surface area contributed by atoms with E-state index in [0.717, 1.165) is 33.3 Å². The van der Waals surface area contributed by atoms with Gasteiger partial charge >= 0.3 is 0 Å². The van der Waals surface area contributed by atoms with Crippen LogP contribution in [0.1, 0.15) is 31.0 Å². The van der Waals surface area contributed by atoms with Crippen molar-refractivity contribution in [2.24, 2.45) is 5.73 Å². The lowest BCUT2D eigenvalue weighted by Crippen LogP contribution is -2.21. The van der Waals surface area contributed by atoms with Crippen molar-refractivity contribution in [3.8, 4) is 0 Å². The Labute approximate surface area is 159 Å². The van der Waals surface area contributed by atoms with Crippen molar-refractivity contribution in [1.82, 2.24) is 10.3 Å². The number of aromatic nitrogens is 1. The van der Waals surface area contributed by atoms with Gasteiger partial charge in [0.25, 0.3) is 0 Å². The van der Waals surface area contributed by atoms with Crippen LogP contribution in [0, 0.1) is 5.82 Å². The van der Waals surface area contributed by atoms with Gasteiger partial charge in [-0.25, -0.2) is 4.39 Å². The van der Waals surface area contributed by atoms with E-state index in [1.54, 1.807) is 6.07 Å². The maximum absolute atomic E-state index is 13.9. The van der Waals surface area contributed by atoms with Crippen molar-refractivity contribution in [1.29, 1.82) is 0 Å². The van der Waals surface area contributed by atoms with Gasteiger partial charge in [-0.05, 0) is 49.3 Å². The molecule has 0 aliphatic rings. The standard InChI is InChI=1S/C23H24FN3/c1-4-19(12-15(2)25)27-23(17-8-7-9-18(24)13-17)16(3)21-14-26-22-11-6-5-10-20(21)22/h4-14,23,26-27H,3,25H2,1-2H3/b15-12-,19-4+. The maximum Gasteiger partial charge on any atom is 0.123 e. The normalized spacial score (nSPS) is 13.6. The maximum atomic E-state index is 13.9. The highest BCUT2D eigenvalue weighted by Crippen LogP contribution is 2.34. The molecule has 0 aliphatic carbocycles. The second kappa shape index (κ2) is 7.96. The third-order valence-electron chi connectivity index (χ3n) is 4.47.